The zero-order valence-electron chi connectivity index (χ0n) is 8.32. The van der Waals surface area contributed by atoms with Gasteiger partial charge in [0, 0.05) is 6.04 Å². The number of nitrogens with zero attached hydrogens (tertiary/aromatic N) is 3. The first-order valence-corrected chi connectivity index (χ1v) is 4.47. The van der Waals surface area contributed by atoms with Crippen LogP contribution in [0.2, 0.25) is 0 Å². The molecule has 1 rings (SSSR count). The van der Waals surface area contributed by atoms with Gasteiger partial charge in [-0.25, -0.2) is 0 Å². The van der Waals surface area contributed by atoms with Gasteiger partial charge >= 0.3 is 6.01 Å². The molecule has 1 heterocycles. The maximum atomic E-state index is 5.52. The number of aromatic nitrogens is 3. The second kappa shape index (κ2) is 4.23. The van der Waals surface area contributed by atoms with Crippen LogP contribution in [0.3, 0.4) is 0 Å². The van der Waals surface area contributed by atoms with Crippen molar-refractivity contribution in [1.82, 2.24) is 14.8 Å². The lowest BCUT2D eigenvalue weighted by Gasteiger charge is -2.12. The van der Waals surface area contributed by atoms with Crippen LogP contribution in [0, 0.1) is 0 Å². The molecule has 0 aliphatic carbocycles. The first kappa shape index (κ1) is 9.98. The zero-order chi connectivity index (χ0) is 9.84. The normalized spacial score (nSPS) is 10.8. The third-order valence-electron chi connectivity index (χ3n) is 1.71. The zero-order valence-corrected chi connectivity index (χ0v) is 8.32. The molecule has 0 fully saturated rings. The van der Waals surface area contributed by atoms with E-state index in [2.05, 4.69) is 10.2 Å². The summed E-state index contributed by atoms with van der Waals surface area (Å²) in [5.41, 5.74) is 5.52. The highest BCUT2D eigenvalue weighted by atomic mass is 16.5. The van der Waals surface area contributed by atoms with E-state index in [9.17, 15) is 0 Å². The van der Waals surface area contributed by atoms with Crippen molar-refractivity contribution >= 4 is 0 Å². The summed E-state index contributed by atoms with van der Waals surface area (Å²) in [6, 6.07) is 0.827. The molecule has 1 aromatic rings. The molecular weight excluding hydrogens is 168 g/mol. The molecule has 0 aromatic carbocycles. The summed E-state index contributed by atoms with van der Waals surface area (Å²) in [5.74, 6) is 0.762. The molecule has 0 radical (unpaired) electrons. The van der Waals surface area contributed by atoms with Gasteiger partial charge in [0.05, 0.1) is 13.2 Å². The van der Waals surface area contributed by atoms with Crippen molar-refractivity contribution < 1.29 is 4.74 Å². The lowest BCUT2D eigenvalue weighted by molar-refractivity contribution is 0.287. The van der Waals surface area contributed by atoms with Crippen molar-refractivity contribution in [2.24, 2.45) is 5.73 Å². The Morgan fingerprint density at radius 3 is 2.62 bits per heavy atom. The van der Waals surface area contributed by atoms with Crippen LogP contribution in [0.1, 0.15) is 32.6 Å². The maximum Gasteiger partial charge on any atom is 0.317 e. The molecule has 5 heteroatoms. The summed E-state index contributed by atoms with van der Waals surface area (Å²) < 4.78 is 7.22. The third-order valence-corrected chi connectivity index (χ3v) is 1.71. The fourth-order valence-electron chi connectivity index (χ4n) is 1.19. The molecule has 0 bridgehead atoms. The van der Waals surface area contributed by atoms with Crippen LogP contribution >= 0.6 is 0 Å². The molecule has 0 saturated carbocycles. The van der Waals surface area contributed by atoms with Crippen LogP contribution in [0.4, 0.5) is 0 Å². The Balaban J connectivity index is 2.99. The number of hydrogen-bond donors (Lipinski definition) is 1. The SMILES string of the molecule is CCOc1nnc(CN)n1C(C)C. The second-order valence-electron chi connectivity index (χ2n) is 3.00. The number of ether oxygens (including phenoxy) is 1. The maximum absolute atomic E-state index is 5.52. The summed E-state index contributed by atoms with van der Waals surface area (Å²) in [6.45, 7) is 6.99. The molecule has 0 aliphatic heterocycles. The number of hydrogen-bond acceptors (Lipinski definition) is 4. The predicted molar refractivity (Wildman–Crippen MR) is 49.5 cm³/mol. The molecule has 0 aliphatic rings. The van der Waals surface area contributed by atoms with Crippen LogP contribution in [-0.2, 0) is 6.54 Å². The molecule has 1 aromatic heterocycles. The fraction of sp³-hybridized carbons (Fsp3) is 0.750. The highest BCUT2D eigenvalue weighted by Gasteiger charge is 2.13. The standard InChI is InChI=1S/C8H16N4O/c1-4-13-8-11-10-7(5-9)12(8)6(2)3/h6H,4-5,9H2,1-3H3. The fourth-order valence-corrected chi connectivity index (χ4v) is 1.19. The van der Waals surface area contributed by atoms with Gasteiger partial charge < -0.3 is 10.5 Å². The summed E-state index contributed by atoms with van der Waals surface area (Å²) in [6.07, 6.45) is 0. The average Bonchev–Trinajstić information content (AvgIpc) is 2.48. The molecule has 13 heavy (non-hydrogen) atoms. The highest BCUT2D eigenvalue weighted by molar-refractivity contribution is 5.02. The van der Waals surface area contributed by atoms with E-state index >= 15 is 0 Å². The molecule has 0 atom stereocenters. The minimum absolute atomic E-state index is 0.273. The van der Waals surface area contributed by atoms with Crippen LogP contribution in [0.25, 0.3) is 0 Å². The van der Waals surface area contributed by atoms with E-state index in [0.29, 0.717) is 19.2 Å². The van der Waals surface area contributed by atoms with Gasteiger partial charge in [-0.05, 0) is 20.8 Å². The van der Waals surface area contributed by atoms with Crippen molar-refractivity contribution in [2.75, 3.05) is 6.61 Å². The van der Waals surface area contributed by atoms with Crippen LogP contribution < -0.4 is 10.5 Å². The first-order chi connectivity index (χ1) is 6.20. The Labute approximate surface area is 77.9 Å². The highest BCUT2D eigenvalue weighted by Crippen LogP contribution is 2.16. The van der Waals surface area contributed by atoms with E-state index in [1.54, 1.807) is 0 Å². The van der Waals surface area contributed by atoms with Gasteiger partial charge in [0.15, 0.2) is 0 Å². The summed E-state index contributed by atoms with van der Waals surface area (Å²) >= 11 is 0. The molecule has 0 spiro atoms. The molecule has 74 valence electrons. The Bertz CT molecular complexity index is 269. The van der Waals surface area contributed by atoms with E-state index < -0.39 is 0 Å². The first-order valence-electron chi connectivity index (χ1n) is 4.47. The van der Waals surface area contributed by atoms with Crippen LogP contribution in [0.5, 0.6) is 6.01 Å². The van der Waals surface area contributed by atoms with Crippen molar-refractivity contribution in [1.29, 1.82) is 0 Å². The second-order valence-corrected chi connectivity index (χ2v) is 3.00. The molecule has 2 N–H and O–H groups in total. The van der Waals surface area contributed by atoms with Crippen molar-refractivity contribution in [3.8, 4) is 6.01 Å². The van der Waals surface area contributed by atoms with E-state index in [0.717, 1.165) is 5.82 Å². The largest absolute Gasteiger partial charge is 0.464 e. The van der Waals surface area contributed by atoms with Crippen LogP contribution in [0.15, 0.2) is 0 Å². The number of nitrogens with two attached hydrogens (primary N) is 1. The topological polar surface area (TPSA) is 66.0 Å². The Hall–Kier alpha value is -1.10. The Morgan fingerprint density at radius 2 is 2.15 bits per heavy atom. The monoisotopic (exact) mass is 184 g/mol. The predicted octanol–water partition coefficient (Wildman–Crippen LogP) is 0.716. The van der Waals surface area contributed by atoms with Crippen molar-refractivity contribution in [2.45, 2.75) is 33.4 Å². The van der Waals surface area contributed by atoms with Gasteiger partial charge in [-0.1, -0.05) is 5.10 Å². The van der Waals surface area contributed by atoms with Gasteiger partial charge in [0.2, 0.25) is 0 Å². The molecule has 0 saturated heterocycles. The molecule has 5 nitrogen and oxygen atoms in total. The van der Waals surface area contributed by atoms with Gasteiger partial charge in [0.25, 0.3) is 0 Å². The summed E-state index contributed by atoms with van der Waals surface area (Å²) in [4.78, 5) is 0. The number of rotatable bonds is 4. The van der Waals surface area contributed by atoms with E-state index in [-0.39, 0.29) is 6.04 Å². The van der Waals surface area contributed by atoms with Gasteiger partial charge in [-0.3, -0.25) is 4.57 Å². The smallest absolute Gasteiger partial charge is 0.317 e. The van der Waals surface area contributed by atoms with Gasteiger partial charge in [-0.2, -0.15) is 0 Å². The van der Waals surface area contributed by atoms with Crippen LogP contribution in [-0.4, -0.2) is 21.4 Å². The Morgan fingerprint density at radius 1 is 1.46 bits per heavy atom. The quantitative estimate of drug-likeness (QED) is 0.748. The van der Waals surface area contributed by atoms with E-state index in [1.165, 1.54) is 0 Å². The molecular formula is C8H16N4O. The van der Waals surface area contributed by atoms with Gasteiger partial charge in [0.1, 0.15) is 5.82 Å². The van der Waals surface area contributed by atoms with E-state index in [4.69, 9.17) is 10.5 Å². The van der Waals surface area contributed by atoms with Gasteiger partial charge in [-0.15, -0.1) is 5.10 Å². The third kappa shape index (κ3) is 1.98. The lowest BCUT2D eigenvalue weighted by atomic mass is 10.4. The average molecular weight is 184 g/mol. The minimum atomic E-state index is 0.273. The summed E-state index contributed by atoms with van der Waals surface area (Å²) in [7, 11) is 0. The van der Waals surface area contributed by atoms with Crippen molar-refractivity contribution in [3.05, 3.63) is 5.82 Å². The molecule has 0 unspecified atom stereocenters. The van der Waals surface area contributed by atoms with E-state index in [1.807, 2.05) is 25.3 Å². The summed E-state index contributed by atoms with van der Waals surface area (Å²) in [5, 5.41) is 7.85. The minimum Gasteiger partial charge on any atom is -0.464 e. The Kier molecular flexibility index (Phi) is 3.25. The van der Waals surface area contributed by atoms with Crippen molar-refractivity contribution in [3.63, 3.8) is 0 Å². The molecule has 0 amide bonds. The lowest BCUT2D eigenvalue weighted by Crippen LogP contribution is -2.12.